The number of nitrogens with one attached hydrogen (secondary N) is 2. The molecule has 0 radical (unpaired) electrons. The minimum Gasteiger partial charge on any atom is -0.477 e. The van der Waals surface area contributed by atoms with Crippen LogP contribution in [0.1, 0.15) is 50.0 Å². The van der Waals surface area contributed by atoms with Crippen LogP contribution in [0.4, 0.5) is 10.6 Å². The Morgan fingerprint density at radius 2 is 1.84 bits per heavy atom. The number of piperidine rings is 1. The summed E-state index contributed by atoms with van der Waals surface area (Å²) >= 11 is 1.44. The van der Waals surface area contributed by atoms with Gasteiger partial charge in [-0.15, -0.1) is 11.3 Å². The zero-order valence-corrected chi connectivity index (χ0v) is 29.4. The third-order valence-corrected chi connectivity index (χ3v) is 10.1. The van der Waals surface area contributed by atoms with Crippen LogP contribution in [-0.4, -0.2) is 92.2 Å². The van der Waals surface area contributed by atoms with Crippen molar-refractivity contribution in [1.82, 2.24) is 34.6 Å². The van der Waals surface area contributed by atoms with Crippen LogP contribution in [0.5, 0.6) is 0 Å². The molecular formula is C37H42N8O4S. The Hall–Kier alpha value is -4.98. The smallest absolute Gasteiger partial charge is 0.341 e. The predicted molar refractivity (Wildman–Crippen MR) is 198 cm³/mol. The first-order valence-electron chi connectivity index (χ1n) is 17.1. The van der Waals surface area contributed by atoms with E-state index >= 15 is 0 Å². The van der Waals surface area contributed by atoms with Crippen molar-refractivity contribution < 1.29 is 14.7 Å². The molecule has 3 N–H and O–H groups in total. The molecule has 1 atom stereocenters. The fraction of sp³-hybridized carbons (Fsp3) is 0.351. The Kier molecular flexibility index (Phi) is 11.0. The Labute approximate surface area is 294 Å². The molecule has 260 valence electrons. The molecule has 5 heterocycles. The summed E-state index contributed by atoms with van der Waals surface area (Å²) in [4.78, 5) is 57.6. The monoisotopic (exact) mass is 694 g/mol. The number of aromatic nitrogens is 4. The predicted octanol–water partition coefficient (Wildman–Crippen LogP) is 6.07. The molecule has 1 fully saturated rings. The summed E-state index contributed by atoms with van der Waals surface area (Å²) in [6.45, 7) is 12.2. The number of fused-ring (bicyclic) bond motifs is 1. The number of hydrogen-bond acceptors (Lipinski definition) is 9. The number of likely N-dealkylation sites (N-methyl/N-ethyl adjacent to an activating group) is 1. The molecule has 0 bridgehead atoms. The maximum atomic E-state index is 13.7. The molecule has 5 aromatic rings. The maximum absolute atomic E-state index is 13.7. The van der Waals surface area contributed by atoms with Gasteiger partial charge in [0.25, 0.3) is 0 Å². The van der Waals surface area contributed by atoms with Crippen LogP contribution in [0, 0.1) is 0 Å². The van der Waals surface area contributed by atoms with E-state index in [-0.39, 0.29) is 23.0 Å². The Morgan fingerprint density at radius 1 is 1.04 bits per heavy atom. The van der Waals surface area contributed by atoms with Gasteiger partial charge in [-0.3, -0.25) is 15.1 Å². The molecule has 0 spiro atoms. The summed E-state index contributed by atoms with van der Waals surface area (Å²) < 4.78 is 1.94. The van der Waals surface area contributed by atoms with Crippen molar-refractivity contribution in [3.8, 4) is 33.1 Å². The van der Waals surface area contributed by atoms with Crippen molar-refractivity contribution in [2.75, 3.05) is 51.1 Å². The van der Waals surface area contributed by atoms with E-state index in [0.717, 1.165) is 63.4 Å². The number of rotatable bonds is 12. The van der Waals surface area contributed by atoms with Crippen LogP contribution in [0.25, 0.3) is 44.0 Å². The molecule has 1 saturated heterocycles. The van der Waals surface area contributed by atoms with Gasteiger partial charge in [-0.05, 0) is 51.5 Å². The average molecular weight is 695 g/mol. The van der Waals surface area contributed by atoms with E-state index in [4.69, 9.17) is 9.97 Å². The SMILES string of the molecule is CCNC(=O)Nc1cc(-c2nc(-c3ccccc3)cs2)c(-c2cc3c(=O)c(C(=O)O)cn([C@H]4CCCN(CCN(CC)CC)C4)c3cn2)cn1. The highest BCUT2D eigenvalue weighted by molar-refractivity contribution is 7.13. The van der Waals surface area contributed by atoms with Gasteiger partial charge in [-0.25, -0.2) is 19.6 Å². The summed E-state index contributed by atoms with van der Waals surface area (Å²) in [6.07, 6.45) is 6.58. The molecule has 0 saturated carbocycles. The molecule has 1 aliphatic heterocycles. The number of anilines is 1. The highest BCUT2D eigenvalue weighted by atomic mass is 32.1. The minimum absolute atomic E-state index is 0.0158. The second-order valence-corrected chi connectivity index (χ2v) is 13.2. The third kappa shape index (κ3) is 7.59. The Morgan fingerprint density at radius 3 is 2.58 bits per heavy atom. The van der Waals surface area contributed by atoms with E-state index < -0.39 is 11.4 Å². The van der Waals surface area contributed by atoms with Crippen molar-refractivity contribution in [1.29, 1.82) is 0 Å². The Bertz CT molecular complexity index is 2040. The van der Waals surface area contributed by atoms with E-state index in [1.54, 1.807) is 24.5 Å². The fourth-order valence-corrected chi connectivity index (χ4v) is 7.36. The van der Waals surface area contributed by atoms with Crippen molar-refractivity contribution in [3.05, 3.63) is 82.2 Å². The second-order valence-electron chi connectivity index (χ2n) is 12.3. The number of likely N-dealkylation sites (tertiary alicyclic amines) is 1. The van der Waals surface area contributed by atoms with Crippen LogP contribution in [0.15, 0.2) is 71.2 Å². The van der Waals surface area contributed by atoms with Gasteiger partial charge >= 0.3 is 12.0 Å². The number of nitrogens with zero attached hydrogens (tertiary/aromatic N) is 6. The lowest BCUT2D eigenvalue weighted by Crippen LogP contribution is -2.41. The van der Waals surface area contributed by atoms with E-state index in [2.05, 4.69) is 39.3 Å². The molecule has 0 aliphatic carbocycles. The fourth-order valence-electron chi connectivity index (χ4n) is 6.50. The zero-order valence-electron chi connectivity index (χ0n) is 28.6. The lowest BCUT2D eigenvalue weighted by atomic mass is 10.0. The average Bonchev–Trinajstić information content (AvgIpc) is 3.63. The molecule has 6 rings (SSSR count). The first-order valence-corrected chi connectivity index (χ1v) is 18.0. The van der Waals surface area contributed by atoms with Gasteiger partial charge in [-0.2, -0.15) is 0 Å². The highest BCUT2D eigenvalue weighted by Gasteiger charge is 2.26. The molecule has 0 unspecified atom stereocenters. The topological polar surface area (TPSA) is 146 Å². The summed E-state index contributed by atoms with van der Waals surface area (Å²) in [5.41, 5.74) is 3.21. The lowest BCUT2D eigenvalue weighted by molar-refractivity contribution is 0.0694. The molecule has 12 nitrogen and oxygen atoms in total. The minimum atomic E-state index is -1.27. The zero-order chi connectivity index (χ0) is 35.2. The number of thiazole rings is 1. The molecule has 1 aromatic carbocycles. The van der Waals surface area contributed by atoms with Gasteiger partial charge in [0.2, 0.25) is 5.43 Å². The quantitative estimate of drug-likeness (QED) is 0.142. The molecule has 4 aromatic heterocycles. The van der Waals surface area contributed by atoms with Crippen LogP contribution in [-0.2, 0) is 0 Å². The number of carboxylic acids is 1. The van der Waals surface area contributed by atoms with E-state index in [9.17, 15) is 19.5 Å². The standard InChI is InChI=1S/C37H42N8O4S/c1-4-38-37(49)42-33-18-26(35-41-31(23-50-35)24-11-8-7-9-12-24)28(19-40-33)30-17-27-32(20-39-30)45(22-29(34(27)46)36(47)48)25-13-10-14-44(21-25)16-15-43(5-2)6-3/h7-9,11-12,17-20,22-23,25H,4-6,10,13-16,21H2,1-3H3,(H,47,48)(H2,38,40,42,49)/t25-/m0/s1. The van der Waals surface area contributed by atoms with Gasteiger partial charge in [0.15, 0.2) is 0 Å². The van der Waals surface area contributed by atoms with Crippen molar-refractivity contribution in [2.45, 2.75) is 39.7 Å². The highest BCUT2D eigenvalue weighted by Crippen LogP contribution is 2.37. The number of carbonyl (C=O) groups excluding carboxylic acids is 1. The van der Waals surface area contributed by atoms with Gasteiger partial charge in [0.05, 0.1) is 28.5 Å². The molecule has 2 amide bonds. The second kappa shape index (κ2) is 15.7. The molecular weight excluding hydrogens is 653 g/mol. The van der Waals surface area contributed by atoms with E-state index in [1.807, 2.05) is 47.2 Å². The van der Waals surface area contributed by atoms with Crippen molar-refractivity contribution >= 4 is 40.1 Å². The summed E-state index contributed by atoms with van der Waals surface area (Å²) in [6, 6.07) is 12.8. The lowest BCUT2D eigenvalue weighted by Gasteiger charge is -2.35. The van der Waals surface area contributed by atoms with Crippen molar-refractivity contribution in [2.24, 2.45) is 0 Å². The van der Waals surface area contributed by atoms with E-state index in [1.165, 1.54) is 17.5 Å². The van der Waals surface area contributed by atoms with Crippen LogP contribution in [0.3, 0.4) is 0 Å². The van der Waals surface area contributed by atoms with Crippen LogP contribution >= 0.6 is 11.3 Å². The van der Waals surface area contributed by atoms with Crippen LogP contribution < -0.4 is 16.1 Å². The normalized spacial score (nSPS) is 15.0. The van der Waals surface area contributed by atoms with Gasteiger partial charge in [0.1, 0.15) is 16.4 Å². The number of pyridine rings is 3. The number of urea groups is 1. The summed E-state index contributed by atoms with van der Waals surface area (Å²) in [7, 11) is 0. The Balaban J connectivity index is 1.42. The number of aromatic carboxylic acids is 1. The number of carbonyl (C=O) groups is 2. The molecule has 13 heteroatoms. The first-order chi connectivity index (χ1) is 24.3. The number of amides is 2. The van der Waals surface area contributed by atoms with Crippen LogP contribution in [0.2, 0.25) is 0 Å². The van der Waals surface area contributed by atoms with Crippen molar-refractivity contribution in [3.63, 3.8) is 0 Å². The maximum Gasteiger partial charge on any atom is 0.341 e. The number of benzene rings is 1. The first kappa shape index (κ1) is 34.9. The third-order valence-electron chi connectivity index (χ3n) is 9.21. The van der Waals surface area contributed by atoms with Gasteiger partial charge < -0.3 is 24.8 Å². The number of carboxylic acid groups (broad SMARTS) is 1. The summed E-state index contributed by atoms with van der Waals surface area (Å²) in [5, 5.41) is 18.5. The number of hydrogen-bond donors (Lipinski definition) is 3. The van der Waals surface area contributed by atoms with Gasteiger partial charge in [-0.1, -0.05) is 44.2 Å². The van der Waals surface area contributed by atoms with Gasteiger partial charge in [0, 0.05) is 66.7 Å². The largest absolute Gasteiger partial charge is 0.477 e. The molecule has 1 aliphatic rings. The van der Waals surface area contributed by atoms with E-state index in [0.29, 0.717) is 39.7 Å². The molecule has 50 heavy (non-hydrogen) atoms. The summed E-state index contributed by atoms with van der Waals surface area (Å²) in [5.74, 6) is -0.942.